The van der Waals surface area contributed by atoms with Crippen LogP contribution in [0.3, 0.4) is 0 Å². The second-order valence-corrected chi connectivity index (χ2v) is 23.0. The van der Waals surface area contributed by atoms with Gasteiger partial charge in [0.15, 0.2) is 21.4 Å². The maximum absolute atomic E-state index is 12.7. The van der Waals surface area contributed by atoms with Crippen molar-refractivity contribution in [2.45, 2.75) is 80.8 Å². The van der Waals surface area contributed by atoms with Crippen LogP contribution in [0.4, 0.5) is 39.5 Å². The number of halogens is 15. The van der Waals surface area contributed by atoms with Gasteiger partial charge in [0.2, 0.25) is 0 Å². The van der Waals surface area contributed by atoms with Gasteiger partial charge in [-0.25, -0.2) is 0 Å². The first-order valence-electron chi connectivity index (χ1n) is 18.5. The van der Waals surface area contributed by atoms with Gasteiger partial charge in [0.25, 0.3) is 0 Å². The fourth-order valence-electron chi connectivity index (χ4n) is 6.43. The van der Waals surface area contributed by atoms with Crippen LogP contribution in [0.15, 0.2) is 109 Å². The Bertz CT molecular complexity index is 2100. The third kappa shape index (κ3) is 17.2. The van der Waals surface area contributed by atoms with Gasteiger partial charge in [0, 0.05) is 51.6 Å². The van der Waals surface area contributed by atoms with Crippen molar-refractivity contribution in [2.75, 3.05) is 0 Å². The van der Waals surface area contributed by atoms with Gasteiger partial charge in [0.1, 0.15) is 0 Å². The van der Waals surface area contributed by atoms with E-state index < -0.39 is 98.8 Å². The maximum Gasteiger partial charge on any atom is 0.416 e. The van der Waals surface area contributed by atoms with Crippen LogP contribution in [0.2, 0.25) is 0 Å². The summed E-state index contributed by atoms with van der Waals surface area (Å²) in [5.41, 5.74) is 8.94. The van der Waals surface area contributed by atoms with Gasteiger partial charge in [-0.1, -0.05) is 71.3 Å². The average molecular weight is 1230 g/mol. The van der Waals surface area contributed by atoms with Crippen LogP contribution >= 0.6 is 0 Å². The number of rotatable bonds is 6. The van der Waals surface area contributed by atoms with E-state index in [1.807, 2.05) is 62.3 Å². The lowest BCUT2D eigenvalue weighted by atomic mass is 10.1. The van der Waals surface area contributed by atoms with E-state index in [1.54, 1.807) is 18.2 Å². The molecule has 6 aromatic rings. The molecular formula is C48H45F12I3. The van der Waals surface area contributed by atoms with Crippen LogP contribution in [0.1, 0.15) is 66.8 Å². The molecule has 0 aliphatic carbocycles. The molecule has 0 heterocycles. The van der Waals surface area contributed by atoms with Crippen LogP contribution < -0.4 is 77.7 Å². The zero-order valence-corrected chi connectivity index (χ0v) is 42.0. The van der Waals surface area contributed by atoms with Gasteiger partial charge >= 0.3 is 82.1 Å². The molecule has 15 heteroatoms. The topological polar surface area (TPSA) is 0 Å². The average Bonchev–Trinajstić information content (AvgIpc) is 3.13. The highest BCUT2D eigenvalue weighted by Crippen LogP contribution is 2.30. The molecule has 0 N–H and O–H groups in total. The lowest BCUT2D eigenvalue weighted by molar-refractivity contribution is -0.599. The van der Waals surface area contributed by atoms with Gasteiger partial charge in [-0.2, -0.15) is 39.5 Å². The predicted octanol–water partition coefficient (Wildman–Crippen LogP) is -3.71. The Morgan fingerprint density at radius 2 is 0.492 bits per heavy atom. The number of hydrogen-bond acceptors (Lipinski definition) is 0. The Balaban J connectivity index is 0.000000462. The molecule has 0 amide bonds. The van der Waals surface area contributed by atoms with E-state index in [-0.39, 0.29) is 14.1 Å². The van der Waals surface area contributed by atoms with Crippen LogP contribution in [0.25, 0.3) is 0 Å². The number of hydrogen-bond donors (Lipinski definition) is 0. The van der Waals surface area contributed by atoms with E-state index in [0.717, 1.165) is 28.9 Å². The molecule has 0 bridgehead atoms. The van der Waals surface area contributed by atoms with E-state index in [0.29, 0.717) is 0 Å². The summed E-state index contributed by atoms with van der Waals surface area (Å²) < 4.78 is 121. The molecule has 6 rings (SSSR count). The highest BCUT2D eigenvalue weighted by atomic mass is 127. The van der Waals surface area contributed by atoms with Crippen molar-refractivity contribution in [2.24, 2.45) is 0 Å². The Hall–Kier alpha value is -3.33. The minimum Gasteiger partial charge on any atom is -1.00 e. The molecule has 0 aliphatic heterocycles. The van der Waals surface area contributed by atoms with Crippen LogP contribution in [-0.2, 0) is 18.5 Å². The van der Waals surface area contributed by atoms with Crippen LogP contribution in [0, 0.1) is 83.7 Å². The van der Waals surface area contributed by atoms with Gasteiger partial charge < -0.3 is 14.1 Å². The monoisotopic (exact) mass is 1230 g/mol. The third-order valence-corrected chi connectivity index (χ3v) is 19.4. The summed E-state index contributed by atoms with van der Waals surface area (Å²) in [6, 6.07) is 29.7. The molecule has 0 atom stereocenters. The SMILES string of the molecule is Cc1cc(C)c([I+]c2cccc(C(F)(F)F)c2)c(C)c1.Cc1cc(C)c([I+]c2cccc(C(F)(F)F)c2)c(C)c1.Cc1cc(C)c([I+]c2cccc(C(F)(F)F)c2)c(C)c1.[F-].[F-].[F-]. The fraction of sp³-hybridized carbons (Fsp3) is 0.250. The third-order valence-electron chi connectivity index (χ3n) is 8.81. The number of aryl methyl sites for hydroxylation is 9. The van der Waals surface area contributed by atoms with E-state index >= 15 is 0 Å². The molecule has 0 aromatic heterocycles. The Morgan fingerprint density at radius 1 is 0.302 bits per heavy atom. The molecule has 63 heavy (non-hydrogen) atoms. The van der Waals surface area contributed by atoms with E-state index in [4.69, 9.17) is 0 Å². The summed E-state index contributed by atoms with van der Waals surface area (Å²) in [5, 5.41) is 0. The summed E-state index contributed by atoms with van der Waals surface area (Å²) >= 11 is -1.78. The minimum atomic E-state index is -4.27. The number of alkyl halides is 9. The summed E-state index contributed by atoms with van der Waals surface area (Å²) in [6.45, 7) is 18.3. The normalized spacial score (nSPS) is 11.1. The standard InChI is InChI=1S/3C16H15F3I.3FH/c3*1-10-7-11(2)15(12(3)8-10)20-14-6-4-5-13(9-14)16(17,18)19;;;/h3*4-9H,1-3H3;3*1H/q3*+1;;;/p-3. The Labute approximate surface area is 392 Å². The maximum atomic E-state index is 12.7. The zero-order chi connectivity index (χ0) is 44.7. The molecule has 0 aliphatic rings. The molecule has 0 nitrogen and oxygen atoms in total. The second-order valence-electron chi connectivity index (χ2n) is 14.4. The molecule has 0 saturated carbocycles. The quantitative estimate of drug-likeness (QED) is 0.119. The van der Waals surface area contributed by atoms with Crippen molar-refractivity contribution in [1.29, 1.82) is 0 Å². The summed E-state index contributed by atoms with van der Waals surface area (Å²) in [6.07, 6.45) is -12.8. The Morgan fingerprint density at radius 3 is 0.667 bits per heavy atom. The minimum absolute atomic E-state index is 0. The fourth-order valence-corrected chi connectivity index (χ4v) is 14.4. The Kier molecular flexibility index (Phi) is 22.2. The highest BCUT2D eigenvalue weighted by Gasteiger charge is 2.35. The van der Waals surface area contributed by atoms with Gasteiger partial charge in [0.05, 0.1) is 16.7 Å². The van der Waals surface area contributed by atoms with Crippen molar-refractivity contribution in [3.8, 4) is 0 Å². The van der Waals surface area contributed by atoms with Crippen molar-refractivity contribution in [3.05, 3.63) is 197 Å². The molecule has 6 aromatic carbocycles. The molecule has 0 saturated heterocycles. The van der Waals surface area contributed by atoms with Crippen molar-refractivity contribution in [3.63, 3.8) is 0 Å². The smallest absolute Gasteiger partial charge is 0.416 e. The molecule has 0 spiro atoms. The first-order valence-corrected chi connectivity index (χ1v) is 25.0. The van der Waals surface area contributed by atoms with E-state index in [1.165, 1.54) is 97.2 Å². The van der Waals surface area contributed by atoms with Crippen LogP contribution in [-0.4, -0.2) is 0 Å². The van der Waals surface area contributed by atoms with Crippen molar-refractivity contribution in [1.82, 2.24) is 0 Å². The van der Waals surface area contributed by atoms with Crippen molar-refractivity contribution < 1.29 is 117 Å². The molecule has 0 fully saturated rings. The highest BCUT2D eigenvalue weighted by molar-refractivity contribution is 5.30. The summed E-state index contributed by atoms with van der Waals surface area (Å²) in [5.74, 6) is 0. The predicted molar refractivity (Wildman–Crippen MR) is 208 cm³/mol. The number of benzene rings is 6. The van der Waals surface area contributed by atoms with Crippen LogP contribution in [0.5, 0.6) is 0 Å². The largest absolute Gasteiger partial charge is 1.00 e. The first kappa shape index (κ1) is 57.7. The van der Waals surface area contributed by atoms with E-state index in [2.05, 4.69) is 36.4 Å². The van der Waals surface area contributed by atoms with Gasteiger partial charge in [-0.05, 0) is 98.7 Å². The summed E-state index contributed by atoms with van der Waals surface area (Å²) in [4.78, 5) is 0. The lowest BCUT2D eigenvalue weighted by Crippen LogP contribution is -3.62. The molecule has 0 unspecified atom stereocenters. The van der Waals surface area contributed by atoms with Gasteiger partial charge in [-0.15, -0.1) is 0 Å². The lowest BCUT2D eigenvalue weighted by Gasteiger charge is -2.05. The first-order chi connectivity index (χ1) is 27.8. The van der Waals surface area contributed by atoms with Gasteiger partial charge in [-0.3, -0.25) is 0 Å². The molecule has 342 valence electrons. The van der Waals surface area contributed by atoms with E-state index in [9.17, 15) is 39.5 Å². The van der Waals surface area contributed by atoms with Crippen molar-refractivity contribution >= 4 is 0 Å². The molecule has 0 radical (unpaired) electrons. The zero-order valence-electron chi connectivity index (χ0n) is 35.6. The summed E-state index contributed by atoms with van der Waals surface area (Å²) in [7, 11) is 0. The molecular weight excluding hydrogens is 1190 g/mol. The second kappa shape index (κ2) is 24.3.